The highest BCUT2D eigenvalue weighted by molar-refractivity contribution is 7.90. The maximum absolute atomic E-state index is 12.1. The fraction of sp³-hybridized carbons (Fsp3) is 0.538. The highest BCUT2D eigenvalue weighted by atomic mass is 32.2. The van der Waals surface area contributed by atoms with Crippen LogP contribution in [0, 0.1) is 0 Å². The van der Waals surface area contributed by atoms with E-state index >= 15 is 0 Å². The number of piperazine rings is 1. The number of hydrogen-bond donors (Lipinski definition) is 1. The molecule has 0 amide bonds. The maximum Gasteiger partial charge on any atom is 0.217 e. The van der Waals surface area contributed by atoms with Gasteiger partial charge in [-0.15, -0.1) is 0 Å². The Balaban J connectivity index is 1.68. The Morgan fingerprint density at radius 2 is 1.68 bits per heavy atom. The number of benzene rings is 1. The van der Waals surface area contributed by atoms with E-state index in [1.807, 2.05) is 24.3 Å². The predicted molar refractivity (Wildman–Crippen MR) is 76.6 cm³/mol. The van der Waals surface area contributed by atoms with Crippen molar-refractivity contribution in [3.05, 3.63) is 24.3 Å². The first-order valence-electron chi connectivity index (χ1n) is 6.67. The minimum absolute atomic E-state index is 0.110. The first kappa shape index (κ1) is 12.7. The Morgan fingerprint density at radius 1 is 1.05 bits per heavy atom. The Morgan fingerprint density at radius 3 is 2.26 bits per heavy atom. The Hall–Kier alpha value is -1.27. The van der Waals surface area contributed by atoms with E-state index in [4.69, 9.17) is 5.73 Å². The number of rotatable bonds is 3. The molecule has 0 spiro atoms. The third kappa shape index (κ3) is 2.42. The van der Waals surface area contributed by atoms with Crippen molar-refractivity contribution in [2.75, 3.05) is 36.8 Å². The third-order valence-corrected chi connectivity index (χ3v) is 6.22. The van der Waals surface area contributed by atoms with Crippen LogP contribution in [0.4, 0.5) is 11.4 Å². The molecule has 3 rings (SSSR count). The lowest BCUT2D eigenvalue weighted by Gasteiger charge is -2.35. The van der Waals surface area contributed by atoms with Crippen LogP contribution in [0.3, 0.4) is 0 Å². The lowest BCUT2D eigenvalue weighted by atomic mass is 10.2. The molecule has 2 N–H and O–H groups in total. The molecule has 2 aliphatic rings. The fourth-order valence-corrected chi connectivity index (χ4v) is 4.36. The summed E-state index contributed by atoms with van der Waals surface area (Å²) in [4.78, 5) is 2.16. The van der Waals surface area contributed by atoms with Crippen LogP contribution in [0.2, 0.25) is 0 Å². The fourth-order valence-electron chi connectivity index (χ4n) is 2.54. The summed E-state index contributed by atoms with van der Waals surface area (Å²) in [7, 11) is -3.03. The molecule has 1 saturated carbocycles. The molecule has 104 valence electrons. The number of nitrogens with zero attached hydrogens (tertiary/aromatic N) is 2. The molecule has 19 heavy (non-hydrogen) atoms. The summed E-state index contributed by atoms with van der Waals surface area (Å²) >= 11 is 0. The number of anilines is 2. The van der Waals surface area contributed by atoms with Crippen molar-refractivity contribution in [3.63, 3.8) is 0 Å². The smallest absolute Gasteiger partial charge is 0.217 e. The predicted octanol–water partition coefficient (Wildman–Crippen LogP) is 0.883. The molecule has 2 fully saturated rings. The molecule has 0 atom stereocenters. The van der Waals surface area contributed by atoms with Crippen LogP contribution in [0.25, 0.3) is 0 Å². The molecule has 5 nitrogen and oxygen atoms in total. The van der Waals surface area contributed by atoms with E-state index in [0.29, 0.717) is 26.2 Å². The molecule has 1 saturated heterocycles. The molecule has 0 bridgehead atoms. The third-order valence-electron chi connectivity index (χ3n) is 3.82. The summed E-state index contributed by atoms with van der Waals surface area (Å²) in [5.74, 6) is 0. The van der Waals surface area contributed by atoms with Gasteiger partial charge < -0.3 is 10.6 Å². The molecule has 1 heterocycles. The number of nitrogen functional groups attached to an aromatic ring is 1. The molecule has 1 aliphatic carbocycles. The second kappa shape index (κ2) is 4.68. The van der Waals surface area contributed by atoms with Crippen LogP contribution >= 0.6 is 0 Å². The van der Waals surface area contributed by atoms with E-state index in [1.165, 1.54) is 0 Å². The lowest BCUT2D eigenvalue weighted by molar-refractivity contribution is 0.384. The molecule has 0 unspecified atom stereocenters. The molecular formula is C13H19N3O2S. The second-order valence-corrected chi connectivity index (χ2v) is 7.40. The van der Waals surface area contributed by atoms with E-state index in [0.717, 1.165) is 24.2 Å². The van der Waals surface area contributed by atoms with Gasteiger partial charge in [0.25, 0.3) is 0 Å². The van der Waals surface area contributed by atoms with E-state index in [1.54, 1.807) is 4.31 Å². The molecule has 0 radical (unpaired) electrons. The van der Waals surface area contributed by atoms with Gasteiger partial charge >= 0.3 is 0 Å². The van der Waals surface area contributed by atoms with Crippen LogP contribution < -0.4 is 10.6 Å². The number of nitrogens with two attached hydrogens (primary N) is 1. The van der Waals surface area contributed by atoms with Crippen LogP contribution in [0.5, 0.6) is 0 Å². The van der Waals surface area contributed by atoms with Crippen molar-refractivity contribution in [1.29, 1.82) is 0 Å². The van der Waals surface area contributed by atoms with Crippen LogP contribution in [-0.4, -0.2) is 44.2 Å². The largest absolute Gasteiger partial charge is 0.397 e. The van der Waals surface area contributed by atoms with E-state index < -0.39 is 10.0 Å². The quantitative estimate of drug-likeness (QED) is 0.835. The van der Waals surface area contributed by atoms with E-state index in [9.17, 15) is 8.42 Å². The summed E-state index contributed by atoms with van der Waals surface area (Å²) in [6, 6.07) is 7.73. The maximum atomic E-state index is 12.1. The van der Waals surface area contributed by atoms with Gasteiger partial charge in [-0.3, -0.25) is 0 Å². The van der Waals surface area contributed by atoms with Crippen molar-refractivity contribution < 1.29 is 8.42 Å². The van der Waals surface area contributed by atoms with Crippen LogP contribution in [-0.2, 0) is 10.0 Å². The zero-order valence-electron chi connectivity index (χ0n) is 10.8. The number of hydrogen-bond acceptors (Lipinski definition) is 4. The highest BCUT2D eigenvalue weighted by Gasteiger charge is 2.40. The van der Waals surface area contributed by atoms with Gasteiger partial charge in [0, 0.05) is 26.2 Å². The molecule has 6 heteroatoms. The number of para-hydroxylation sites is 2. The van der Waals surface area contributed by atoms with Crippen molar-refractivity contribution in [2.24, 2.45) is 0 Å². The highest BCUT2D eigenvalue weighted by Crippen LogP contribution is 2.32. The van der Waals surface area contributed by atoms with Crippen molar-refractivity contribution in [2.45, 2.75) is 18.1 Å². The normalized spacial score (nSPS) is 21.6. The van der Waals surface area contributed by atoms with E-state index in [2.05, 4.69) is 4.90 Å². The lowest BCUT2D eigenvalue weighted by Crippen LogP contribution is -2.49. The van der Waals surface area contributed by atoms with Gasteiger partial charge in [0.05, 0.1) is 16.6 Å². The van der Waals surface area contributed by atoms with Gasteiger partial charge in [-0.2, -0.15) is 4.31 Å². The molecule has 1 aromatic carbocycles. The van der Waals surface area contributed by atoms with Crippen molar-refractivity contribution in [1.82, 2.24) is 4.31 Å². The average Bonchev–Trinajstić information content (AvgIpc) is 3.24. The van der Waals surface area contributed by atoms with Gasteiger partial charge in [0.15, 0.2) is 0 Å². The summed E-state index contributed by atoms with van der Waals surface area (Å²) < 4.78 is 25.9. The summed E-state index contributed by atoms with van der Waals surface area (Å²) in [5.41, 5.74) is 7.71. The van der Waals surface area contributed by atoms with Gasteiger partial charge in [-0.1, -0.05) is 12.1 Å². The first-order chi connectivity index (χ1) is 9.09. The standard InChI is InChI=1S/C13H19N3O2S/c14-12-3-1-2-4-13(12)15-7-9-16(10-8-15)19(17,18)11-5-6-11/h1-4,11H,5-10,14H2. The number of sulfonamides is 1. The van der Waals surface area contributed by atoms with Gasteiger partial charge in [-0.05, 0) is 25.0 Å². The Labute approximate surface area is 114 Å². The first-order valence-corrected chi connectivity index (χ1v) is 8.18. The van der Waals surface area contributed by atoms with Crippen LogP contribution in [0.15, 0.2) is 24.3 Å². The Kier molecular flexibility index (Phi) is 3.14. The Bertz CT molecular complexity index is 561. The van der Waals surface area contributed by atoms with Gasteiger partial charge in [0.1, 0.15) is 0 Å². The average molecular weight is 281 g/mol. The molecule has 1 aromatic rings. The molecular weight excluding hydrogens is 262 g/mol. The monoisotopic (exact) mass is 281 g/mol. The minimum Gasteiger partial charge on any atom is -0.397 e. The van der Waals surface area contributed by atoms with Crippen molar-refractivity contribution >= 4 is 21.4 Å². The minimum atomic E-state index is -3.03. The van der Waals surface area contributed by atoms with Gasteiger partial charge in [-0.25, -0.2) is 8.42 Å². The molecule has 1 aliphatic heterocycles. The molecule has 0 aromatic heterocycles. The van der Waals surface area contributed by atoms with E-state index in [-0.39, 0.29) is 5.25 Å². The zero-order chi connectivity index (χ0) is 13.5. The second-order valence-electron chi connectivity index (χ2n) is 5.19. The summed E-state index contributed by atoms with van der Waals surface area (Å²) in [5, 5.41) is -0.110. The zero-order valence-corrected chi connectivity index (χ0v) is 11.6. The topological polar surface area (TPSA) is 66.6 Å². The summed E-state index contributed by atoms with van der Waals surface area (Å²) in [6.45, 7) is 2.54. The van der Waals surface area contributed by atoms with Gasteiger partial charge in [0.2, 0.25) is 10.0 Å². The van der Waals surface area contributed by atoms with Crippen LogP contribution in [0.1, 0.15) is 12.8 Å². The van der Waals surface area contributed by atoms with Crippen molar-refractivity contribution in [3.8, 4) is 0 Å². The summed E-state index contributed by atoms with van der Waals surface area (Å²) in [6.07, 6.45) is 1.66. The SMILES string of the molecule is Nc1ccccc1N1CCN(S(=O)(=O)C2CC2)CC1.